The number of nitrogens with zero attached hydrogens (tertiary/aromatic N) is 2. The van der Waals surface area contributed by atoms with Gasteiger partial charge in [0.1, 0.15) is 0 Å². The predicted molar refractivity (Wildman–Crippen MR) is 59.3 cm³/mol. The summed E-state index contributed by atoms with van der Waals surface area (Å²) in [6.07, 6.45) is 1.08. The van der Waals surface area contributed by atoms with E-state index in [1.165, 1.54) is 10.4 Å². The van der Waals surface area contributed by atoms with Crippen molar-refractivity contribution in [2.24, 2.45) is 0 Å². The van der Waals surface area contributed by atoms with Crippen LogP contribution in [0, 0.1) is 0 Å². The molecule has 0 unspecified atom stereocenters. The molecule has 2 aromatic rings. The van der Waals surface area contributed by atoms with Crippen LogP contribution in [0.4, 0.5) is 0 Å². The number of thiophene rings is 1. The Hall–Kier alpha value is -1.40. The molecule has 16 heavy (non-hydrogen) atoms. The average Bonchev–Trinajstić information content (AvgIpc) is 2.87. The molecule has 0 bridgehead atoms. The number of aromatic nitrogens is 2. The van der Waals surface area contributed by atoms with E-state index < -0.39 is 5.76 Å². The molecule has 0 spiro atoms. The molecule has 1 aliphatic rings. The molecule has 0 saturated carbocycles. The minimum Gasteiger partial charge on any atom is -0.296 e. The van der Waals surface area contributed by atoms with Gasteiger partial charge in [-0.1, -0.05) is 5.16 Å². The number of nitrogens with one attached hydrogen (secondary N) is 1. The normalized spacial score (nSPS) is 16.2. The lowest BCUT2D eigenvalue weighted by Gasteiger charge is -2.25. The number of hydrogen-bond acceptors (Lipinski definition) is 5. The van der Waals surface area contributed by atoms with E-state index in [4.69, 9.17) is 0 Å². The van der Waals surface area contributed by atoms with Gasteiger partial charge in [0.2, 0.25) is 0 Å². The van der Waals surface area contributed by atoms with Crippen LogP contribution in [0.1, 0.15) is 16.3 Å². The molecule has 0 aromatic carbocycles. The number of H-pyrrole nitrogens is 1. The Kier molecular flexibility index (Phi) is 2.37. The fourth-order valence-electron chi connectivity index (χ4n) is 1.98. The molecule has 3 rings (SSSR count). The van der Waals surface area contributed by atoms with Gasteiger partial charge in [0.15, 0.2) is 5.82 Å². The zero-order chi connectivity index (χ0) is 11.0. The topological polar surface area (TPSA) is 62.1 Å². The molecule has 5 nitrogen and oxygen atoms in total. The lowest BCUT2D eigenvalue weighted by atomic mass is 10.1. The van der Waals surface area contributed by atoms with Crippen LogP contribution in [0.3, 0.4) is 0 Å². The van der Waals surface area contributed by atoms with Gasteiger partial charge < -0.3 is 0 Å². The van der Waals surface area contributed by atoms with Gasteiger partial charge in [-0.2, -0.15) is 0 Å². The Morgan fingerprint density at radius 2 is 2.56 bits per heavy atom. The molecule has 1 aliphatic heterocycles. The standard InChI is InChI=1S/C10H11N3O2S/c14-10-11-9(12-15-10)6-13-3-1-8-7(5-13)2-4-16-8/h2,4H,1,3,5-6H2,(H,11,12,14). The predicted octanol–water partition coefficient (Wildman–Crippen LogP) is 0.983. The molecule has 0 amide bonds. The first-order valence-electron chi connectivity index (χ1n) is 5.14. The highest BCUT2D eigenvalue weighted by molar-refractivity contribution is 7.10. The van der Waals surface area contributed by atoms with Crippen LogP contribution < -0.4 is 5.76 Å². The zero-order valence-electron chi connectivity index (χ0n) is 8.60. The van der Waals surface area contributed by atoms with Crippen LogP contribution >= 0.6 is 11.3 Å². The Labute approximate surface area is 95.7 Å². The van der Waals surface area contributed by atoms with E-state index in [9.17, 15) is 4.79 Å². The highest BCUT2D eigenvalue weighted by Crippen LogP contribution is 2.24. The Morgan fingerprint density at radius 1 is 1.62 bits per heavy atom. The summed E-state index contributed by atoms with van der Waals surface area (Å²) in [6, 6.07) is 2.16. The molecule has 84 valence electrons. The van der Waals surface area contributed by atoms with Crippen molar-refractivity contribution in [3.8, 4) is 0 Å². The summed E-state index contributed by atoms with van der Waals surface area (Å²) in [6.45, 7) is 2.57. The highest BCUT2D eigenvalue weighted by Gasteiger charge is 2.18. The number of rotatable bonds is 2. The molecule has 0 aliphatic carbocycles. The lowest BCUT2D eigenvalue weighted by Crippen LogP contribution is -2.29. The summed E-state index contributed by atoms with van der Waals surface area (Å²) in [5, 5.41) is 5.80. The quantitative estimate of drug-likeness (QED) is 0.845. The molecule has 0 radical (unpaired) electrons. The van der Waals surface area contributed by atoms with Crippen molar-refractivity contribution in [2.45, 2.75) is 19.5 Å². The van der Waals surface area contributed by atoms with Gasteiger partial charge in [-0.15, -0.1) is 11.3 Å². The summed E-state index contributed by atoms with van der Waals surface area (Å²) in [4.78, 5) is 17.1. The van der Waals surface area contributed by atoms with Crippen molar-refractivity contribution >= 4 is 11.3 Å². The number of aromatic amines is 1. The van der Waals surface area contributed by atoms with Gasteiger partial charge in [0.05, 0.1) is 6.54 Å². The third-order valence-electron chi connectivity index (χ3n) is 2.75. The van der Waals surface area contributed by atoms with Gasteiger partial charge in [-0.3, -0.25) is 14.4 Å². The van der Waals surface area contributed by atoms with E-state index in [2.05, 4.69) is 31.0 Å². The summed E-state index contributed by atoms with van der Waals surface area (Å²) in [5.74, 6) is 0.118. The monoisotopic (exact) mass is 237 g/mol. The van der Waals surface area contributed by atoms with E-state index in [0.717, 1.165) is 19.5 Å². The van der Waals surface area contributed by atoms with Crippen molar-refractivity contribution in [3.63, 3.8) is 0 Å². The van der Waals surface area contributed by atoms with E-state index in [1.54, 1.807) is 0 Å². The summed E-state index contributed by atoms with van der Waals surface area (Å²) in [7, 11) is 0. The van der Waals surface area contributed by atoms with Gasteiger partial charge in [0.25, 0.3) is 0 Å². The molecule has 0 atom stereocenters. The second-order valence-electron chi connectivity index (χ2n) is 3.87. The maximum atomic E-state index is 10.8. The fourth-order valence-corrected chi connectivity index (χ4v) is 2.87. The van der Waals surface area contributed by atoms with Crippen molar-refractivity contribution < 1.29 is 4.52 Å². The van der Waals surface area contributed by atoms with Gasteiger partial charge >= 0.3 is 5.76 Å². The molecule has 0 saturated heterocycles. The highest BCUT2D eigenvalue weighted by atomic mass is 32.1. The summed E-state index contributed by atoms with van der Waals surface area (Å²) in [5.41, 5.74) is 1.39. The van der Waals surface area contributed by atoms with Crippen molar-refractivity contribution in [1.29, 1.82) is 0 Å². The van der Waals surface area contributed by atoms with Crippen molar-refractivity contribution in [1.82, 2.24) is 15.0 Å². The first-order valence-corrected chi connectivity index (χ1v) is 6.02. The Bertz CT molecular complexity index is 542. The van der Waals surface area contributed by atoms with Crippen LogP contribution in [0.2, 0.25) is 0 Å². The Morgan fingerprint density at radius 3 is 3.38 bits per heavy atom. The number of hydrogen-bond donors (Lipinski definition) is 1. The van der Waals surface area contributed by atoms with Gasteiger partial charge in [-0.05, 0) is 23.4 Å². The maximum Gasteiger partial charge on any atom is 0.438 e. The summed E-state index contributed by atoms with van der Waals surface area (Å²) >= 11 is 1.82. The molecule has 3 heterocycles. The first-order chi connectivity index (χ1) is 7.81. The van der Waals surface area contributed by atoms with Gasteiger partial charge in [0, 0.05) is 18.0 Å². The van der Waals surface area contributed by atoms with Crippen LogP contribution in [0.15, 0.2) is 20.8 Å². The largest absolute Gasteiger partial charge is 0.438 e. The van der Waals surface area contributed by atoms with Crippen molar-refractivity contribution in [3.05, 3.63) is 38.3 Å². The van der Waals surface area contributed by atoms with E-state index in [-0.39, 0.29) is 0 Å². The summed E-state index contributed by atoms with van der Waals surface area (Å²) < 4.78 is 4.47. The number of fused-ring (bicyclic) bond motifs is 1. The van der Waals surface area contributed by atoms with Crippen LogP contribution in [-0.4, -0.2) is 21.6 Å². The first kappa shape index (κ1) is 9.80. The second-order valence-corrected chi connectivity index (χ2v) is 4.87. The minimum atomic E-state index is -0.483. The second kappa shape index (κ2) is 3.88. The van der Waals surface area contributed by atoms with E-state index in [0.29, 0.717) is 12.4 Å². The van der Waals surface area contributed by atoms with Crippen LogP contribution in [0.5, 0.6) is 0 Å². The molecular weight excluding hydrogens is 226 g/mol. The molecular formula is C10H11N3O2S. The smallest absolute Gasteiger partial charge is 0.296 e. The van der Waals surface area contributed by atoms with Crippen LogP contribution in [-0.2, 0) is 19.5 Å². The molecule has 2 aromatic heterocycles. The SMILES string of the molecule is O=c1[nH]c(CN2CCc3sccc3C2)no1. The third-order valence-corrected chi connectivity index (χ3v) is 3.77. The molecule has 0 fully saturated rings. The maximum absolute atomic E-state index is 10.8. The van der Waals surface area contributed by atoms with Crippen molar-refractivity contribution in [2.75, 3.05) is 6.54 Å². The van der Waals surface area contributed by atoms with E-state index >= 15 is 0 Å². The lowest BCUT2D eigenvalue weighted by molar-refractivity contribution is 0.237. The molecule has 1 N–H and O–H groups in total. The minimum absolute atomic E-state index is 0.483. The van der Waals surface area contributed by atoms with Gasteiger partial charge in [-0.25, -0.2) is 4.79 Å². The zero-order valence-corrected chi connectivity index (χ0v) is 9.42. The Balaban J connectivity index is 1.72. The fraction of sp³-hybridized carbons (Fsp3) is 0.400. The third kappa shape index (κ3) is 1.81. The van der Waals surface area contributed by atoms with E-state index in [1.807, 2.05) is 11.3 Å². The molecule has 6 heteroatoms. The van der Waals surface area contributed by atoms with Crippen LogP contribution in [0.25, 0.3) is 0 Å². The average molecular weight is 237 g/mol.